The zero-order valence-electron chi connectivity index (χ0n) is 11.8. The highest BCUT2D eigenvalue weighted by Gasteiger charge is 2.36. The lowest BCUT2D eigenvalue weighted by molar-refractivity contribution is -0.117. The Balaban J connectivity index is 1.99. The first-order chi connectivity index (χ1) is 8.99. The fourth-order valence-corrected chi connectivity index (χ4v) is 5.62. The summed E-state index contributed by atoms with van der Waals surface area (Å²) in [5, 5.41) is 0. The van der Waals surface area contributed by atoms with Gasteiger partial charge in [0.25, 0.3) is 0 Å². The molecule has 1 heterocycles. The second-order valence-electron chi connectivity index (χ2n) is 6.10. The SMILES string of the molecule is CC(=O)CC1CCCN1S(=O)(=O)CC1CCCCC1. The van der Waals surface area contributed by atoms with E-state index in [1.165, 1.54) is 6.42 Å². The van der Waals surface area contributed by atoms with E-state index in [1.807, 2.05) is 0 Å². The Morgan fingerprint density at radius 3 is 2.42 bits per heavy atom. The molecule has 0 aromatic carbocycles. The second-order valence-corrected chi connectivity index (χ2v) is 8.06. The topological polar surface area (TPSA) is 54.5 Å². The molecule has 1 unspecified atom stereocenters. The fourth-order valence-electron chi connectivity index (χ4n) is 3.46. The van der Waals surface area contributed by atoms with Crippen LogP contribution in [0.4, 0.5) is 0 Å². The van der Waals surface area contributed by atoms with Crippen LogP contribution in [0.25, 0.3) is 0 Å². The summed E-state index contributed by atoms with van der Waals surface area (Å²) in [5.41, 5.74) is 0. The van der Waals surface area contributed by atoms with Crippen molar-refractivity contribution in [3.63, 3.8) is 0 Å². The quantitative estimate of drug-likeness (QED) is 0.780. The lowest BCUT2D eigenvalue weighted by atomic mass is 9.91. The number of hydrogen-bond acceptors (Lipinski definition) is 3. The Hall–Kier alpha value is -0.420. The van der Waals surface area contributed by atoms with E-state index in [9.17, 15) is 13.2 Å². The molecule has 19 heavy (non-hydrogen) atoms. The third-order valence-electron chi connectivity index (χ3n) is 4.37. The van der Waals surface area contributed by atoms with Crippen molar-refractivity contribution in [1.82, 2.24) is 4.31 Å². The standard InChI is InChI=1S/C14H25NO3S/c1-12(16)10-14-8-5-9-15(14)19(17,18)11-13-6-3-2-4-7-13/h13-14H,2-11H2,1H3. The number of nitrogens with zero attached hydrogens (tertiary/aromatic N) is 1. The maximum atomic E-state index is 12.5. The Kier molecular flexibility index (Phi) is 5.01. The van der Waals surface area contributed by atoms with Gasteiger partial charge in [-0.05, 0) is 38.5 Å². The minimum atomic E-state index is -3.17. The predicted molar refractivity (Wildman–Crippen MR) is 75.4 cm³/mol. The van der Waals surface area contributed by atoms with E-state index < -0.39 is 10.0 Å². The molecule has 0 bridgehead atoms. The summed E-state index contributed by atoms with van der Waals surface area (Å²) in [4.78, 5) is 11.2. The largest absolute Gasteiger partial charge is 0.300 e. The first-order valence-electron chi connectivity index (χ1n) is 7.48. The normalized spacial score (nSPS) is 26.7. The molecule has 4 nitrogen and oxygen atoms in total. The predicted octanol–water partition coefficient (Wildman–Crippen LogP) is 2.34. The van der Waals surface area contributed by atoms with Crippen LogP contribution in [0, 0.1) is 5.92 Å². The molecular weight excluding hydrogens is 262 g/mol. The zero-order chi connectivity index (χ0) is 13.9. The molecule has 0 aromatic heterocycles. The Labute approximate surface area is 116 Å². The molecule has 1 aliphatic heterocycles. The molecule has 110 valence electrons. The summed E-state index contributed by atoms with van der Waals surface area (Å²) in [6, 6.07) is -0.0777. The Morgan fingerprint density at radius 1 is 1.11 bits per heavy atom. The van der Waals surface area contributed by atoms with Crippen molar-refractivity contribution >= 4 is 15.8 Å². The van der Waals surface area contributed by atoms with Gasteiger partial charge in [-0.15, -0.1) is 0 Å². The Morgan fingerprint density at radius 2 is 1.79 bits per heavy atom. The summed E-state index contributed by atoms with van der Waals surface area (Å²) in [5.74, 6) is 0.712. The van der Waals surface area contributed by atoms with Crippen LogP contribution in [0.1, 0.15) is 58.3 Å². The molecule has 1 atom stereocenters. The van der Waals surface area contributed by atoms with Crippen LogP contribution in [-0.2, 0) is 14.8 Å². The number of carbonyl (C=O) groups is 1. The van der Waals surface area contributed by atoms with Crippen LogP contribution in [0.5, 0.6) is 0 Å². The summed E-state index contributed by atoms with van der Waals surface area (Å²) in [6.07, 6.45) is 7.77. The maximum absolute atomic E-state index is 12.5. The van der Waals surface area contributed by atoms with Crippen LogP contribution in [0.3, 0.4) is 0 Å². The lowest BCUT2D eigenvalue weighted by Gasteiger charge is -2.27. The smallest absolute Gasteiger partial charge is 0.214 e. The minimum Gasteiger partial charge on any atom is -0.300 e. The van der Waals surface area contributed by atoms with Gasteiger partial charge < -0.3 is 0 Å². The number of sulfonamides is 1. The van der Waals surface area contributed by atoms with Gasteiger partial charge in [0.15, 0.2) is 0 Å². The first-order valence-corrected chi connectivity index (χ1v) is 9.09. The molecule has 0 N–H and O–H groups in total. The van der Waals surface area contributed by atoms with Crippen LogP contribution in [0.15, 0.2) is 0 Å². The molecule has 0 aromatic rings. The van der Waals surface area contributed by atoms with Gasteiger partial charge in [-0.1, -0.05) is 19.3 Å². The summed E-state index contributed by atoms with van der Waals surface area (Å²) >= 11 is 0. The third-order valence-corrected chi connectivity index (χ3v) is 6.46. The van der Waals surface area contributed by atoms with Gasteiger partial charge in [-0.2, -0.15) is 4.31 Å². The molecular formula is C14H25NO3S. The van der Waals surface area contributed by atoms with Gasteiger partial charge >= 0.3 is 0 Å². The highest BCUT2D eigenvalue weighted by atomic mass is 32.2. The van der Waals surface area contributed by atoms with Crippen molar-refractivity contribution in [1.29, 1.82) is 0 Å². The monoisotopic (exact) mass is 287 g/mol. The molecule has 0 spiro atoms. The molecule has 1 saturated heterocycles. The van der Waals surface area contributed by atoms with Crippen LogP contribution in [-0.4, -0.2) is 36.8 Å². The van der Waals surface area contributed by atoms with Gasteiger partial charge in [0.2, 0.25) is 10.0 Å². The van der Waals surface area contributed by atoms with Crippen LogP contribution >= 0.6 is 0 Å². The van der Waals surface area contributed by atoms with E-state index >= 15 is 0 Å². The van der Waals surface area contributed by atoms with E-state index in [4.69, 9.17) is 0 Å². The minimum absolute atomic E-state index is 0.0777. The van der Waals surface area contributed by atoms with Crippen LogP contribution in [0.2, 0.25) is 0 Å². The average molecular weight is 287 g/mol. The van der Waals surface area contributed by atoms with Crippen molar-refractivity contribution in [2.75, 3.05) is 12.3 Å². The highest BCUT2D eigenvalue weighted by molar-refractivity contribution is 7.89. The number of carbonyl (C=O) groups excluding carboxylic acids is 1. The molecule has 0 radical (unpaired) electrons. The molecule has 2 fully saturated rings. The van der Waals surface area contributed by atoms with Crippen molar-refractivity contribution in [2.45, 2.75) is 64.3 Å². The van der Waals surface area contributed by atoms with Crippen molar-refractivity contribution in [3.05, 3.63) is 0 Å². The number of hydrogen-bond donors (Lipinski definition) is 0. The van der Waals surface area contributed by atoms with E-state index in [1.54, 1.807) is 11.2 Å². The molecule has 2 aliphatic rings. The van der Waals surface area contributed by atoms with E-state index in [-0.39, 0.29) is 11.8 Å². The van der Waals surface area contributed by atoms with Gasteiger partial charge in [-0.25, -0.2) is 8.42 Å². The van der Waals surface area contributed by atoms with Gasteiger partial charge in [0.05, 0.1) is 5.75 Å². The highest BCUT2D eigenvalue weighted by Crippen LogP contribution is 2.29. The fraction of sp³-hybridized carbons (Fsp3) is 0.929. The molecule has 1 saturated carbocycles. The lowest BCUT2D eigenvalue weighted by Crippen LogP contribution is -2.39. The molecule has 0 amide bonds. The molecule has 5 heteroatoms. The zero-order valence-corrected chi connectivity index (χ0v) is 12.6. The molecule has 1 aliphatic carbocycles. The first kappa shape index (κ1) is 15.0. The maximum Gasteiger partial charge on any atom is 0.214 e. The van der Waals surface area contributed by atoms with Crippen LogP contribution < -0.4 is 0 Å². The van der Waals surface area contributed by atoms with Gasteiger partial charge in [-0.3, -0.25) is 4.79 Å². The number of Topliss-reactive ketones (excluding diaryl/α,β-unsaturated/α-hetero) is 1. The van der Waals surface area contributed by atoms with Crippen molar-refractivity contribution in [2.24, 2.45) is 5.92 Å². The summed E-state index contributed by atoms with van der Waals surface area (Å²) in [6.45, 7) is 2.15. The van der Waals surface area contributed by atoms with Gasteiger partial charge in [0.1, 0.15) is 5.78 Å². The molecule has 2 rings (SSSR count). The van der Waals surface area contributed by atoms with Gasteiger partial charge in [0, 0.05) is 19.0 Å². The van der Waals surface area contributed by atoms with E-state index in [0.717, 1.165) is 38.5 Å². The number of ketones is 1. The van der Waals surface area contributed by atoms with E-state index in [0.29, 0.717) is 24.6 Å². The average Bonchev–Trinajstić information content (AvgIpc) is 2.77. The summed E-state index contributed by atoms with van der Waals surface area (Å²) in [7, 11) is -3.17. The second kappa shape index (κ2) is 6.35. The van der Waals surface area contributed by atoms with E-state index in [2.05, 4.69) is 0 Å². The van der Waals surface area contributed by atoms with Crippen molar-refractivity contribution in [3.8, 4) is 0 Å². The Bertz CT molecular complexity index is 412. The van der Waals surface area contributed by atoms with Crippen molar-refractivity contribution < 1.29 is 13.2 Å². The summed E-state index contributed by atoms with van der Waals surface area (Å²) < 4.78 is 26.6. The third kappa shape index (κ3) is 4.02. The number of rotatable bonds is 5.